The predicted octanol–water partition coefficient (Wildman–Crippen LogP) is 3.27. The summed E-state index contributed by atoms with van der Waals surface area (Å²) in [6, 6.07) is 3.33. The van der Waals surface area contributed by atoms with Crippen molar-refractivity contribution in [3.05, 3.63) is 23.3 Å². The van der Waals surface area contributed by atoms with Gasteiger partial charge in [-0.2, -0.15) is 0 Å². The Labute approximate surface area is 174 Å². The van der Waals surface area contributed by atoms with E-state index in [9.17, 15) is 9.59 Å². The highest BCUT2D eigenvalue weighted by Crippen LogP contribution is 2.40. The second-order valence-corrected chi connectivity index (χ2v) is 8.08. The van der Waals surface area contributed by atoms with Gasteiger partial charge in [-0.3, -0.25) is 4.79 Å². The van der Waals surface area contributed by atoms with E-state index >= 15 is 0 Å². The van der Waals surface area contributed by atoms with Crippen LogP contribution in [0.25, 0.3) is 0 Å². The average Bonchev–Trinajstić information content (AvgIpc) is 2.69. The standard InChI is InChI=1S/C22H35N3O4/c1-8-17(24-21(26)13(2)3)20-16-12-19(29-7)18(28-6)11-15(16)9-10-25(20)22(27)23-14(4)5/h11-14,17,20H,8-10H2,1-7H3,(H,23,27)(H,24,26)/t17-,20-/m0/s1. The molecule has 0 bridgehead atoms. The van der Waals surface area contributed by atoms with Crippen LogP contribution < -0.4 is 20.1 Å². The number of urea groups is 1. The molecule has 2 rings (SSSR count). The smallest absolute Gasteiger partial charge is 0.318 e. The van der Waals surface area contributed by atoms with Crippen molar-refractivity contribution in [1.29, 1.82) is 0 Å². The van der Waals surface area contributed by atoms with Crippen molar-refractivity contribution < 1.29 is 19.1 Å². The fourth-order valence-corrected chi connectivity index (χ4v) is 3.72. The third-order valence-corrected chi connectivity index (χ3v) is 5.27. The molecule has 1 aromatic carbocycles. The molecule has 0 radical (unpaired) electrons. The third-order valence-electron chi connectivity index (χ3n) is 5.27. The van der Waals surface area contributed by atoms with Crippen LogP contribution in [0, 0.1) is 5.92 Å². The van der Waals surface area contributed by atoms with E-state index in [2.05, 4.69) is 10.6 Å². The van der Waals surface area contributed by atoms with Gasteiger partial charge >= 0.3 is 6.03 Å². The second-order valence-electron chi connectivity index (χ2n) is 8.08. The van der Waals surface area contributed by atoms with E-state index in [1.54, 1.807) is 14.2 Å². The Hall–Kier alpha value is -2.44. The van der Waals surface area contributed by atoms with Crippen LogP contribution in [0.3, 0.4) is 0 Å². The summed E-state index contributed by atoms with van der Waals surface area (Å²) < 4.78 is 11.0. The number of ether oxygens (including phenoxy) is 2. The molecule has 7 heteroatoms. The molecule has 162 valence electrons. The van der Waals surface area contributed by atoms with E-state index in [1.165, 1.54) is 0 Å². The van der Waals surface area contributed by atoms with Crippen molar-refractivity contribution in [2.24, 2.45) is 5.92 Å². The first kappa shape index (κ1) is 22.8. The fraction of sp³-hybridized carbons (Fsp3) is 0.636. The molecule has 7 nitrogen and oxygen atoms in total. The molecule has 1 aliphatic heterocycles. The van der Waals surface area contributed by atoms with Gasteiger partial charge in [0.05, 0.1) is 26.3 Å². The van der Waals surface area contributed by atoms with Crippen LogP contribution in [0.4, 0.5) is 4.79 Å². The molecule has 0 fully saturated rings. The van der Waals surface area contributed by atoms with E-state index in [1.807, 2.05) is 51.7 Å². The van der Waals surface area contributed by atoms with Crippen molar-refractivity contribution in [2.75, 3.05) is 20.8 Å². The minimum atomic E-state index is -0.287. The monoisotopic (exact) mass is 405 g/mol. The molecular formula is C22H35N3O4. The number of carbonyl (C=O) groups is 2. The first-order valence-electron chi connectivity index (χ1n) is 10.4. The molecule has 0 aromatic heterocycles. The first-order valence-corrected chi connectivity index (χ1v) is 10.4. The lowest BCUT2D eigenvalue weighted by atomic mass is 9.86. The van der Waals surface area contributed by atoms with E-state index < -0.39 is 0 Å². The van der Waals surface area contributed by atoms with E-state index in [4.69, 9.17) is 9.47 Å². The summed E-state index contributed by atoms with van der Waals surface area (Å²) in [6.45, 7) is 10.2. The number of hydrogen-bond donors (Lipinski definition) is 2. The van der Waals surface area contributed by atoms with Crippen LogP contribution in [0.1, 0.15) is 58.2 Å². The van der Waals surface area contributed by atoms with Crippen LogP contribution in [-0.2, 0) is 11.2 Å². The SMILES string of the molecule is CC[C@H](NC(=O)C(C)C)[C@@H]1c2cc(OC)c(OC)cc2CCN1C(=O)NC(C)C. The molecule has 3 amide bonds. The zero-order valence-corrected chi connectivity index (χ0v) is 18.7. The van der Waals surface area contributed by atoms with E-state index in [0.717, 1.165) is 11.1 Å². The second kappa shape index (κ2) is 9.85. The highest BCUT2D eigenvalue weighted by Gasteiger charge is 2.37. The highest BCUT2D eigenvalue weighted by atomic mass is 16.5. The minimum absolute atomic E-state index is 0.0198. The van der Waals surface area contributed by atoms with Crippen molar-refractivity contribution in [3.8, 4) is 11.5 Å². The summed E-state index contributed by atoms with van der Waals surface area (Å²) >= 11 is 0. The Kier molecular flexibility index (Phi) is 7.76. The Balaban J connectivity index is 2.53. The molecule has 0 saturated carbocycles. The van der Waals surface area contributed by atoms with Gasteiger partial charge in [0.2, 0.25) is 5.91 Å². The summed E-state index contributed by atoms with van der Waals surface area (Å²) in [5.74, 6) is 1.14. The Morgan fingerprint density at radius 3 is 2.24 bits per heavy atom. The predicted molar refractivity (Wildman–Crippen MR) is 113 cm³/mol. The van der Waals surface area contributed by atoms with Gasteiger partial charge in [0.25, 0.3) is 0 Å². The first-order chi connectivity index (χ1) is 13.7. The number of nitrogens with one attached hydrogen (secondary N) is 2. The Morgan fingerprint density at radius 1 is 1.10 bits per heavy atom. The lowest BCUT2D eigenvalue weighted by Crippen LogP contribution is -2.54. The van der Waals surface area contributed by atoms with Crippen molar-refractivity contribution in [2.45, 2.75) is 65.6 Å². The molecule has 0 saturated heterocycles. The Bertz CT molecular complexity index is 733. The van der Waals surface area contributed by atoms with Crippen LogP contribution in [0.5, 0.6) is 11.5 Å². The number of carbonyl (C=O) groups excluding carboxylic acids is 2. The van der Waals surface area contributed by atoms with Gasteiger partial charge in [0.15, 0.2) is 11.5 Å². The lowest BCUT2D eigenvalue weighted by Gasteiger charge is -2.42. The van der Waals surface area contributed by atoms with Crippen LogP contribution in [-0.4, -0.2) is 49.7 Å². The largest absolute Gasteiger partial charge is 0.493 e. The van der Waals surface area contributed by atoms with E-state index in [0.29, 0.717) is 30.9 Å². The zero-order chi connectivity index (χ0) is 21.7. The number of methoxy groups -OCH3 is 2. The molecular weight excluding hydrogens is 370 g/mol. The highest BCUT2D eigenvalue weighted by molar-refractivity contribution is 5.79. The quantitative estimate of drug-likeness (QED) is 0.730. The maximum atomic E-state index is 13.0. The summed E-state index contributed by atoms with van der Waals surface area (Å²) in [5.41, 5.74) is 2.10. The topological polar surface area (TPSA) is 79.9 Å². The van der Waals surface area contributed by atoms with Gasteiger partial charge in [0, 0.05) is 18.5 Å². The molecule has 1 aromatic rings. The van der Waals surface area contributed by atoms with Crippen LogP contribution >= 0.6 is 0 Å². The van der Waals surface area contributed by atoms with Gasteiger partial charge < -0.3 is 25.0 Å². The van der Waals surface area contributed by atoms with Gasteiger partial charge in [-0.15, -0.1) is 0 Å². The zero-order valence-electron chi connectivity index (χ0n) is 18.7. The molecule has 2 atom stereocenters. The summed E-state index contributed by atoms with van der Waals surface area (Å²) in [4.78, 5) is 27.3. The van der Waals surface area contributed by atoms with Crippen LogP contribution in [0.15, 0.2) is 12.1 Å². The lowest BCUT2D eigenvalue weighted by molar-refractivity contribution is -0.125. The molecule has 1 heterocycles. The minimum Gasteiger partial charge on any atom is -0.493 e. The van der Waals surface area contributed by atoms with Crippen molar-refractivity contribution in [1.82, 2.24) is 15.5 Å². The number of amides is 3. The van der Waals surface area contributed by atoms with Crippen molar-refractivity contribution >= 4 is 11.9 Å². The molecule has 1 aliphatic rings. The summed E-state index contributed by atoms with van der Waals surface area (Å²) in [6.07, 6.45) is 1.41. The van der Waals surface area contributed by atoms with Gasteiger partial charge in [-0.05, 0) is 49.9 Å². The molecule has 0 aliphatic carbocycles. The van der Waals surface area contributed by atoms with Gasteiger partial charge in [-0.25, -0.2) is 4.79 Å². The maximum Gasteiger partial charge on any atom is 0.318 e. The van der Waals surface area contributed by atoms with E-state index in [-0.39, 0.29) is 36.0 Å². The number of fused-ring (bicyclic) bond motifs is 1. The molecule has 29 heavy (non-hydrogen) atoms. The van der Waals surface area contributed by atoms with Crippen molar-refractivity contribution in [3.63, 3.8) is 0 Å². The Morgan fingerprint density at radius 2 is 1.72 bits per heavy atom. The number of rotatable bonds is 7. The van der Waals surface area contributed by atoms with Crippen LogP contribution in [0.2, 0.25) is 0 Å². The van der Waals surface area contributed by atoms with Gasteiger partial charge in [0.1, 0.15) is 0 Å². The molecule has 2 N–H and O–H groups in total. The molecule has 0 unspecified atom stereocenters. The average molecular weight is 406 g/mol. The number of benzene rings is 1. The van der Waals surface area contributed by atoms with Gasteiger partial charge in [-0.1, -0.05) is 20.8 Å². The number of nitrogens with zero attached hydrogens (tertiary/aromatic N) is 1. The fourth-order valence-electron chi connectivity index (χ4n) is 3.72. The third kappa shape index (κ3) is 5.14. The number of hydrogen-bond acceptors (Lipinski definition) is 4. The summed E-state index contributed by atoms with van der Waals surface area (Å²) in [7, 11) is 3.22. The molecule has 0 spiro atoms. The normalized spacial score (nSPS) is 17.0. The maximum absolute atomic E-state index is 13.0. The summed E-state index contributed by atoms with van der Waals surface area (Å²) in [5, 5.41) is 6.15.